The molecule has 3 rings (SSSR count). The number of para-hydroxylation sites is 2. The van der Waals surface area contributed by atoms with Crippen molar-refractivity contribution in [3.63, 3.8) is 0 Å². The highest BCUT2D eigenvalue weighted by molar-refractivity contribution is 6.12. The van der Waals surface area contributed by atoms with E-state index < -0.39 is 29.1 Å². The van der Waals surface area contributed by atoms with Gasteiger partial charge in [-0.25, -0.2) is 4.79 Å². The van der Waals surface area contributed by atoms with Gasteiger partial charge in [0.25, 0.3) is 5.91 Å². The van der Waals surface area contributed by atoms with Crippen molar-refractivity contribution in [3.05, 3.63) is 59.7 Å². The van der Waals surface area contributed by atoms with Crippen LogP contribution in [0.1, 0.15) is 57.5 Å². The third kappa shape index (κ3) is 6.11. The van der Waals surface area contributed by atoms with Crippen LogP contribution in [0, 0.1) is 12.3 Å². The summed E-state index contributed by atoms with van der Waals surface area (Å²) < 4.78 is 5.38. The molecule has 1 N–H and O–H groups in total. The van der Waals surface area contributed by atoms with Crippen LogP contribution in [0.3, 0.4) is 0 Å². The summed E-state index contributed by atoms with van der Waals surface area (Å²) in [6, 6.07) is 13.0. The zero-order valence-corrected chi connectivity index (χ0v) is 22.0. The number of fused-ring (bicyclic) bond motifs is 1. The maximum Gasteiger partial charge on any atom is 0.408 e. The molecule has 1 aliphatic heterocycles. The fourth-order valence-corrected chi connectivity index (χ4v) is 4.02. The summed E-state index contributed by atoms with van der Waals surface area (Å²) in [5, 5.41) is 2.63. The largest absolute Gasteiger partial charge is 0.444 e. The lowest BCUT2D eigenvalue weighted by atomic mass is 9.94. The van der Waals surface area contributed by atoms with Crippen molar-refractivity contribution in [2.45, 2.75) is 60.1 Å². The molecule has 0 aliphatic carbocycles. The summed E-state index contributed by atoms with van der Waals surface area (Å²) >= 11 is 0. The van der Waals surface area contributed by atoms with Crippen LogP contribution < -0.4 is 15.1 Å². The third-order valence-electron chi connectivity index (χ3n) is 5.72. The Kier molecular flexibility index (Phi) is 7.57. The average molecular weight is 494 g/mol. The Hall–Kier alpha value is -3.68. The number of ketones is 1. The Morgan fingerprint density at radius 3 is 2.11 bits per heavy atom. The molecule has 0 radical (unpaired) electrons. The highest BCUT2D eigenvalue weighted by Crippen LogP contribution is 2.35. The molecule has 1 atom stereocenters. The van der Waals surface area contributed by atoms with E-state index in [-0.39, 0.29) is 24.8 Å². The van der Waals surface area contributed by atoms with E-state index in [2.05, 4.69) is 5.32 Å². The molecule has 1 unspecified atom stereocenters. The first-order valence-electron chi connectivity index (χ1n) is 12.0. The van der Waals surface area contributed by atoms with Gasteiger partial charge in [0.05, 0.1) is 24.5 Å². The summed E-state index contributed by atoms with van der Waals surface area (Å²) in [5.41, 5.74) is 0.700. The van der Waals surface area contributed by atoms with Crippen LogP contribution in [0.15, 0.2) is 48.5 Å². The number of benzene rings is 2. The highest BCUT2D eigenvalue weighted by atomic mass is 16.6. The van der Waals surface area contributed by atoms with Crippen LogP contribution >= 0.6 is 0 Å². The van der Waals surface area contributed by atoms with Crippen LogP contribution in [0.4, 0.5) is 16.2 Å². The van der Waals surface area contributed by atoms with Gasteiger partial charge in [0.1, 0.15) is 11.6 Å². The second-order valence-corrected chi connectivity index (χ2v) is 11.0. The number of aryl methyl sites for hydroxylation is 1. The first kappa shape index (κ1) is 26.9. The van der Waals surface area contributed by atoms with E-state index in [0.29, 0.717) is 16.9 Å². The van der Waals surface area contributed by atoms with Crippen LogP contribution in [0.25, 0.3) is 0 Å². The lowest BCUT2D eigenvalue weighted by Crippen LogP contribution is -2.55. The van der Waals surface area contributed by atoms with Crippen molar-refractivity contribution < 1.29 is 23.9 Å². The van der Waals surface area contributed by atoms with Crippen molar-refractivity contribution >= 4 is 35.1 Å². The van der Waals surface area contributed by atoms with E-state index >= 15 is 0 Å². The van der Waals surface area contributed by atoms with Gasteiger partial charge in [-0.1, -0.05) is 57.2 Å². The van der Waals surface area contributed by atoms with Crippen LogP contribution in [-0.2, 0) is 14.3 Å². The molecule has 3 amide bonds. The fourth-order valence-electron chi connectivity index (χ4n) is 4.02. The Labute approximate surface area is 212 Å². The zero-order chi connectivity index (χ0) is 26.8. The summed E-state index contributed by atoms with van der Waals surface area (Å²) in [6.45, 7) is 12.0. The molecule has 0 fully saturated rings. The number of carbonyl (C=O) groups is 4. The molecule has 8 heteroatoms. The van der Waals surface area contributed by atoms with E-state index in [0.717, 1.165) is 5.56 Å². The lowest BCUT2D eigenvalue weighted by Gasteiger charge is -2.31. The molecule has 0 saturated heterocycles. The first-order chi connectivity index (χ1) is 16.7. The number of alkyl carbamates (subject to hydrolysis) is 1. The topological polar surface area (TPSA) is 96.0 Å². The molecule has 192 valence electrons. The van der Waals surface area contributed by atoms with Crippen molar-refractivity contribution in [3.8, 4) is 0 Å². The number of anilines is 2. The molecule has 2 aromatic carbocycles. The first-order valence-corrected chi connectivity index (χ1v) is 12.0. The molecular weight excluding hydrogens is 458 g/mol. The van der Waals surface area contributed by atoms with Gasteiger partial charge in [0.2, 0.25) is 5.91 Å². The van der Waals surface area contributed by atoms with E-state index in [1.807, 2.05) is 19.1 Å². The van der Waals surface area contributed by atoms with E-state index in [1.54, 1.807) is 77.9 Å². The SMILES string of the molecule is Cc1ccccc1C(=O)CN1C(=O)C(NC(=O)OC(C)(C)C)CN(C(=O)C(C)(C)C)c2ccccc21. The van der Waals surface area contributed by atoms with E-state index in [4.69, 9.17) is 4.74 Å². The van der Waals surface area contributed by atoms with Gasteiger partial charge in [-0.05, 0) is 45.4 Å². The molecule has 0 spiro atoms. The van der Waals surface area contributed by atoms with Gasteiger partial charge >= 0.3 is 6.09 Å². The van der Waals surface area contributed by atoms with Crippen LogP contribution in [0.5, 0.6) is 0 Å². The minimum atomic E-state index is -1.12. The second-order valence-electron chi connectivity index (χ2n) is 11.0. The smallest absolute Gasteiger partial charge is 0.408 e. The van der Waals surface area contributed by atoms with Gasteiger partial charge in [0.15, 0.2) is 5.78 Å². The average Bonchev–Trinajstić information content (AvgIpc) is 2.87. The number of amides is 3. The highest BCUT2D eigenvalue weighted by Gasteiger charge is 2.40. The van der Waals surface area contributed by atoms with Crippen molar-refractivity contribution in [2.24, 2.45) is 5.41 Å². The Balaban J connectivity index is 2.07. The Bertz CT molecular complexity index is 1180. The van der Waals surface area contributed by atoms with Crippen molar-refractivity contribution in [2.75, 3.05) is 22.9 Å². The van der Waals surface area contributed by atoms with Crippen molar-refractivity contribution in [1.82, 2.24) is 5.32 Å². The Morgan fingerprint density at radius 1 is 0.944 bits per heavy atom. The van der Waals surface area contributed by atoms with Crippen molar-refractivity contribution in [1.29, 1.82) is 0 Å². The van der Waals surface area contributed by atoms with E-state index in [9.17, 15) is 19.2 Å². The van der Waals surface area contributed by atoms with Crippen LogP contribution in [-0.4, -0.2) is 48.4 Å². The molecular formula is C28H35N3O5. The number of ether oxygens (including phenoxy) is 1. The normalized spacial score (nSPS) is 16.2. The van der Waals surface area contributed by atoms with Gasteiger partial charge < -0.3 is 19.9 Å². The number of carbonyl (C=O) groups excluding carboxylic acids is 4. The number of hydrogen-bond donors (Lipinski definition) is 1. The maximum absolute atomic E-state index is 13.8. The number of Topliss-reactive ketones (excluding diaryl/α,β-unsaturated/α-hetero) is 1. The third-order valence-corrected chi connectivity index (χ3v) is 5.72. The molecule has 2 aromatic rings. The molecule has 0 aromatic heterocycles. The van der Waals surface area contributed by atoms with E-state index in [1.165, 1.54) is 9.80 Å². The maximum atomic E-state index is 13.8. The molecule has 36 heavy (non-hydrogen) atoms. The number of rotatable bonds is 4. The minimum Gasteiger partial charge on any atom is -0.444 e. The standard InChI is InChI=1S/C28H35N3O5/c1-18-12-8-9-13-19(18)23(32)17-30-21-14-10-11-15-22(21)31(25(34)27(2,3)4)16-20(24(30)33)29-26(35)36-28(5,6)7/h8-15,20H,16-17H2,1-7H3,(H,29,35). The monoisotopic (exact) mass is 493 g/mol. The van der Waals surface area contributed by atoms with Gasteiger partial charge in [-0.2, -0.15) is 0 Å². The molecule has 8 nitrogen and oxygen atoms in total. The molecule has 1 heterocycles. The molecule has 0 bridgehead atoms. The predicted molar refractivity (Wildman–Crippen MR) is 139 cm³/mol. The van der Waals surface area contributed by atoms with Gasteiger partial charge in [0, 0.05) is 11.0 Å². The molecule has 1 aliphatic rings. The summed E-state index contributed by atoms with van der Waals surface area (Å²) in [4.78, 5) is 56.1. The second kappa shape index (κ2) is 10.1. The Morgan fingerprint density at radius 2 is 1.53 bits per heavy atom. The summed E-state index contributed by atoms with van der Waals surface area (Å²) in [5.74, 6) is -0.965. The van der Waals surface area contributed by atoms with Gasteiger partial charge in [-0.3, -0.25) is 14.4 Å². The van der Waals surface area contributed by atoms with Crippen LogP contribution in [0.2, 0.25) is 0 Å². The summed E-state index contributed by atoms with van der Waals surface area (Å²) in [7, 11) is 0. The minimum absolute atomic E-state index is 0.0970. The quantitative estimate of drug-likeness (QED) is 0.633. The fraction of sp³-hybridized carbons (Fsp3) is 0.429. The zero-order valence-electron chi connectivity index (χ0n) is 22.0. The molecule has 0 saturated carbocycles. The number of nitrogens with zero attached hydrogens (tertiary/aromatic N) is 2. The van der Waals surface area contributed by atoms with Gasteiger partial charge in [-0.15, -0.1) is 0 Å². The predicted octanol–water partition coefficient (Wildman–Crippen LogP) is 4.50. The number of hydrogen-bond acceptors (Lipinski definition) is 5. The summed E-state index contributed by atoms with van der Waals surface area (Å²) in [6.07, 6.45) is -0.778. The number of nitrogens with one attached hydrogen (secondary N) is 1. The lowest BCUT2D eigenvalue weighted by molar-refractivity contribution is -0.126.